The first kappa shape index (κ1) is 13.7. The van der Waals surface area contributed by atoms with E-state index in [-0.39, 0.29) is 0 Å². The van der Waals surface area contributed by atoms with Crippen molar-refractivity contribution in [3.8, 4) is 0 Å². The summed E-state index contributed by atoms with van der Waals surface area (Å²) in [5.41, 5.74) is 1.01. The zero-order valence-corrected chi connectivity index (χ0v) is 11.9. The maximum atomic E-state index is 11.2. The molecule has 2 rings (SSSR count). The summed E-state index contributed by atoms with van der Waals surface area (Å²) in [5, 5.41) is 12.0. The van der Waals surface area contributed by atoms with E-state index in [1.807, 2.05) is 23.6 Å². The van der Waals surface area contributed by atoms with Crippen LogP contribution < -0.4 is 0 Å². The fraction of sp³-hybridized carbons (Fsp3) is 0.333. The quantitative estimate of drug-likeness (QED) is 0.911. The molecule has 0 saturated carbocycles. The van der Waals surface area contributed by atoms with Crippen molar-refractivity contribution < 1.29 is 9.90 Å². The van der Waals surface area contributed by atoms with Gasteiger partial charge in [-0.25, -0.2) is 4.98 Å². The molecule has 4 heteroatoms. The number of carboxylic acids is 1. The van der Waals surface area contributed by atoms with E-state index in [0.29, 0.717) is 5.69 Å². The Kier molecular flexibility index (Phi) is 4.00. The standard InChI is InChI=1S/C15H17NO2S/c1-15(2,14(17)18)12-10-19-13(16-12)9-8-11-6-4-3-5-7-11/h3-7,10H,8-9H2,1-2H3,(H,17,18). The molecular formula is C15H17NO2S. The van der Waals surface area contributed by atoms with Crippen LogP contribution in [-0.2, 0) is 23.1 Å². The number of carboxylic acid groups (broad SMARTS) is 1. The Morgan fingerprint density at radius 1 is 1.26 bits per heavy atom. The van der Waals surface area contributed by atoms with Crippen LogP contribution in [0.15, 0.2) is 35.7 Å². The highest BCUT2D eigenvalue weighted by Gasteiger charge is 2.31. The molecule has 0 unspecified atom stereocenters. The number of benzene rings is 1. The van der Waals surface area contributed by atoms with Crippen molar-refractivity contribution in [2.45, 2.75) is 32.1 Å². The predicted molar refractivity (Wildman–Crippen MR) is 76.6 cm³/mol. The maximum absolute atomic E-state index is 11.2. The summed E-state index contributed by atoms with van der Waals surface area (Å²) in [6, 6.07) is 10.2. The Hall–Kier alpha value is -1.68. The Balaban J connectivity index is 2.04. The normalized spacial score (nSPS) is 11.5. The Bertz CT molecular complexity index is 561. The monoisotopic (exact) mass is 275 g/mol. The summed E-state index contributed by atoms with van der Waals surface area (Å²) < 4.78 is 0. The molecule has 1 aromatic heterocycles. The van der Waals surface area contributed by atoms with Crippen LogP contribution in [0, 0.1) is 0 Å². The Morgan fingerprint density at radius 3 is 2.58 bits per heavy atom. The number of rotatable bonds is 5. The van der Waals surface area contributed by atoms with Crippen LogP contribution in [0.5, 0.6) is 0 Å². The fourth-order valence-electron chi connectivity index (χ4n) is 1.72. The molecule has 0 atom stereocenters. The molecule has 0 radical (unpaired) electrons. The molecule has 0 aliphatic carbocycles. The van der Waals surface area contributed by atoms with Gasteiger partial charge in [0, 0.05) is 11.8 Å². The largest absolute Gasteiger partial charge is 0.481 e. The van der Waals surface area contributed by atoms with Crippen molar-refractivity contribution in [3.05, 3.63) is 52.0 Å². The number of thiazole rings is 1. The average Bonchev–Trinajstić information content (AvgIpc) is 2.87. The van der Waals surface area contributed by atoms with E-state index < -0.39 is 11.4 Å². The Labute approximate surface area is 116 Å². The van der Waals surface area contributed by atoms with E-state index >= 15 is 0 Å². The van der Waals surface area contributed by atoms with Gasteiger partial charge in [-0.2, -0.15) is 0 Å². The second-order valence-corrected chi connectivity index (χ2v) is 5.98. The first-order chi connectivity index (χ1) is 9.00. The lowest BCUT2D eigenvalue weighted by Crippen LogP contribution is -2.28. The number of hydrogen-bond donors (Lipinski definition) is 1. The zero-order valence-electron chi connectivity index (χ0n) is 11.1. The predicted octanol–water partition coefficient (Wildman–Crippen LogP) is 3.29. The van der Waals surface area contributed by atoms with Crippen molar-refractivity contribution in [2.75, 3.05) is 0 Å². The van der Waals surface area contributed by atoms with E-state index in [4.69, 9.17) is 0 Å². The van der Waals surface area contributed by atoms with Gasteiger partial charge in [-0.3, -0.25) is 4.79 Å². The topological polar surface area (TPSA) is 50.2 Å². The molecule has 0 saturated heterocycles. The highest BCUT2D eigenvalue weighted by Crippen LogP contribution is 2.25. The third kappa shape index (κ3) is 3.20. The van der Waals surface area contributed by atoms with Crippen molar-refractivity contribution in [1.29, 1.82) is 0 Å². The minimum Gasteiger partial charge on any atom is -0.481 e. The highest BCUT2D eigenvalue weighted by atomic mass is 32.1. The number of aromatic nitrogens is 1. The minimum absolute atomic E-state index is 0.646. The lowest BCUT2D eigenvalue weighted by molar-refractivity contribution is -0.142. The van der Waals surface area contributed by atoms with Gasteiger partial charge in [-0.1, -0.05) is 30.3 Å². The third-order valence-corrected chi connectivity index (χ3v) is 4.11. The average molecular weight is 275 g/mol. The number of aryl methyl sites for hydroxylation is 2. The molecule has 1 aromatic carbocycles. The molecule has 0 aliphatic heterocycles. The van der Waals surface area contributed by atoms with E-state index in [2.05, 4.69) is 17.1 Å². The van der Waals surface area contributed by atoms with Crippen LogP contribution in [0.2, 0.25) is 0 Å². The number of carbonyl (C=O) groups is 1. The summed E-state index contributed by atoms with van der Waals surface area (Å²) in [6.07, 6.45) is 1.78. The van der Waals surface area contributed by atoms with Gasteiger partial charge in [0.05, 0.1) is 10.7 Å². The molecule has 100 valence electrons. The molecule has 1 heterocycles. The molecule has 0 fully saturated rings. The van der Waals surface area contributed by atoms with Crippen LogP contribution in [-0.4, -0.2) is 16.1 Å². The van der Waals surface area contributed by atoms with E-state index in [1.54, 1.807) is 13.8 Å². The van der Waals surface area contributed by atoms with Crippen molar-refractivity contribution in [2.24, 2.45) is 0 Å². The smallest absolute Gasteiger partial charge is 0.315 e. The van der Waals surface area contributed by atoms with Gasteiger partial charge in [0.1, 0.15) is 5.41 Å². The van der Waals surface area contributed by atoms with Gasteiger partial charge in [0.2, 0.25) is 0 Å². The van der Waals surface area contributed by atoms with Crippen molar-refractivity contribution >= 4 is 17.3 Å². The first-order valence-electron chi connectivity index (χ1n) is 6.22. The highest BCUT2D eigenvalue weighted by molar-refractivity contribution is 7.09. The lowest BCUT2D eigenvalue weighted by atomic mass is 9.90. The number of hydrogen-bond acceptors (Lipinski definition) is 3. The molecule has 2 aromatic rings. The van der Waals surface area contributed by atoms with E-state index in [1.165, 1.54) is 16.9 Å². The third-order valence-electron chi connectivity index (χ3n) is 3.20. The summed E-state index contributed by atoms with van der Waals surface area (Å²) in [6.45, 7) is 3.37. The van der Waals surface area contributed by atoms with Crippen LogP contribution in [0.25, 0.3) is 0 Å². The number of nitrogens with zero attached hydrogens (tertiary/aromatic N) is 1. The first-order valence-corrected chi connectivity index (χ1v) is 7.10. The van der Waals surface area contributed by atoms with Gasteiger partial charge >= 0.3 is 5.97 Å². The summed E-state index contributed by atoms with van der Waals surface area (Å²) in [5.74, 6) is -0.840. The SMILES string of the molecule is CC(C)(C(=O)O)c1csc(CCc2ccccc2)n1. The molecule has 3 nitrogen and oxygen atoms in total. The molecule has 0 amide bonds. The minimum atomic E-state index is -0.915. The second kappa shape index (κ2) is 5.53. The second-order valence-electron chi connectivity index (χ2n) is 5.04. The van der Waals surface area contributed by atoms with Crippen LogP contribution >= 0.6 is 11.3 Å². The molecule has 0 aliphatic rings. The van der Waals surface area contributed by atoms with Gasteiger partial charge in [0.25, 0.3) is 0 Å². The van der Waals surface area contributed by atoms with Crippen LogP contribution in [0.1, 0.15) is 30.1 Å². The van der Waals surface area contributed by atoms with Gasteiger partial charge in [0.15, 0.2) is 0 Å². The summed E-state index contributed by atoms with van der Waals surface area (Å²) in [7, 11) is 0. The van der Waals surface area contributed by atoms with E-state index in [0.717, 1.165) is 17.8 Å². The van der Waals surface area contributed by atoms with Crippen LogP contribution in [0.4, 0.5) is 0 Å². The van der Waals surface area contributed by atoms with Crippen molar-refractivity contribution in [3.63, 3.8) is 0 Å². The molecular weight excluding hydrogens is 258 g/mol. The van der Waals surface area contributed by atoms with Gasteiger partial charge in [-0.15, -0.1) is 11.3 Å². The summed E-state index contributed by atoms with van der Waals surface area (Å²) in [4.78, 5) is 15.6. The molecule has 19 heavy (non-hydrogen) atoms. The number of aliphatic carboxylic acids is 1. The molecule has 0 bridgehead atoms. The maximum Gasteiger partial charge on any atom is 0.315 e. The van der Waals surface area contributed by atoms with Gasteiger partial charge < -0.3 is 5.11 Å². The fourth-order valence-corrected chi connectivity index (χ4v) is 2.68. The molecule has 1 N–H and O–H groups in total. The summed E-state index contributed by atoms with van der Waals surface area (Å²) >= 11 is 1.54. The Morgan fingerprint density at radius 2 is 1.95 bits per heavy atom. The lowest BCUT2D eigenvalue weighted by Gasteiger charge is -2.15. The van der Waals surface area contributed by atoms with E-state index in [9.17, 15) is 9.90 Å². The van der Waals surface area contributed by atoms with Gasteiger partial charge in [-0.05, 0) is 25.8 Å². The van der Waals surface area contributed by atoms with Crippen LogP contribution in [0.3, 0.4) is 0 Å². The van der Waals surface area contributed by atoms with Crippen molar-refractivity contribution in [1.82, 2.24) is 4.98 Å². The molecule has 0 spiro atoms. The zero-order chi connectivity index (χ0) is 13.9.